The van der Waals surface area contributed by atoms with Gasteiger partial charge in [-0.3, -0.25) is 4.52 Å². The Bertz CT molecular complexity index is 981. The first-order valence-corrected chi connectivity index (χ1v) is 10.8. The van der Waals surface area contributed by atoms with Crippen LogP contribution in [0.1, 0.15) is 20.1 Å². The molecule has 1 aromatic carbocycles. The number of fused-ring (bicyclic) bond motifs is 1. The first kappa shape index (κ1) is 22.6. The number of allylic oxidation sites excluding steroid dienone is 1. The Balaban J connectivity index is 2.09. The van der Waals surface area contributed by atoms with E-state index in [1.54, 1.807) is 35.9 Å². The number of aromatic nitrogens is 1. The van der Waals surface area contributed by atoms with Gasteiger partial charge in [-0.2, -0.15) is 0 Å². The Hall–Kier alpha value is -2.04. The van der Waals surface area contributed by atoms with E-state index < -0.39 is 51.0 Å². The van der Waals surface area contributed by atoms with Crippen LogP contribution in [-0.2, 0) is 23.4 Å². The highest BCUT2D eigenvalue weighted by atomic mass is 31.2. The van der Waals surface area contributed by atoms with Crippen molar-refractivity contribution in [3.63, 3.8) is 0 Å². The number of para-hydroxylation sites is 1. The van der Waals surface area contributed by atoms with Gasteiger partial charge in [0.05, 0.1) is 12.1 Å². The van der Waals surface area contributed by atoms with Crippen LogP contribution in [0.4, 0.5) is 0 Å². The Morgan fingerprint density at radius 3 is 2.60 bits per heavy atom. The maximum absolute atomic E-state index is 12.5. The third-order valence-corrected chi connectivity index (χ3v) is 5.50. The van der Waals surface area contributed by atoms with Gasteiger partial charge in [-0.05, 0) is 31.4 Å². The van der Waals surface area contributed by atoms with E-state index in [1.165, 1.54) is 13.0 Å². The Labute approximate surface area is 172 Å². The molecule has 2 heterocycles. The smallest absolute Gasteiger partial charge is 0.451 e. The van der Waals surface area contributed by atoms with Crippen LogP contribution in [0, 0.1) is 0 Å². The number of rotatable bonds is 6. The molecule has 0 saturated carbocycles. The number of aliphatic hydroxyl groups excluding tert-OH is 2. The normalized spacial score (nSPS) is 27.9. The number of aliphatic hydroxyl groups is 2. The minimum atomic E-state index is -5.08. The van der Waals surface area contributed by atoms with Crippen LogP contribution in [-0.4, -0.2) is 61.6 Å². The molecule has 1 aliphatic heterocycles. The molecule has 30 heavy (non-hydrogen) atoms. The number of nitrogens with zero attached hydrogens (tertiary/aromatic N) is 1. The number of phosphoric ester groups is 1. The largest absolute Gasteiger partial charge is 0.470 e. The van der Waals surface area contributed by atoms with Crippen molar-refractivity contribution in [3.05, 3.63) is 48.2 Å². The first-order chi connectivity index (χ1) is 14.2. The maximum atomic E-state index is 12.5. The second-order valence-electron chi connectivity index (χ2n) is 6.92. The molecule has 0 unspecified atom stereocenters. The Morgan fingerprint density at radius 1 is 1.27 bits per heavy atom. The standard InChI is InChI=1S/C19H24NO9P/c1-3-11(2)19(23)28-17-16(29-30(24,25)26)15(22)14(10-21)27-18(17)20-9-8-12-6-4-5-7-13(12)20/h3-9,14-18,21-22H,10H2,1-2H3,(H2,24,25,26)/b11-3+/t14-,15-,16+,17-,18-/m1/s1. The maximum Gasteiger partial charge on any atom is 0.470 e. The number of carbonyl (C=O) groups is 1. The summed E-state index contributed by atoms with van der Waals surface area (Å²) in [5.74, 6) is -0.762. The molecule has 0 spiro atoms. The van der Waals surface area contributed by atoms with Crippen molar-refractivity contribution in [1.82, 2.24) is 4.57 Å². The van der Waals surface area contributed by atoms with E-state index in [9.17, 15) is 29.4 Å². The highest BCUT2D eigenvalue weighted by Gasteiger charge is 2.51. The minimum Gasteiger partial charge on any atom is -0.451 e. The van der Waals surface area contributed by atoms with E-state index in [4.69, 9.17) is 14.0 Å². The molecule has 1 fully saturated rings. The van der Waals surface area contributed by atoms with Crippen LogP contribution in [0.3, 0.4) is 0 Å². The molecule has 1 aromatic heterocycles. The van der Waals surface area contributed by atoms with E-state index in [2.05, 4.69) is 0 Å². The summed E-state index contributed by atoms with van der Waals surface area (Å²) in [5.41, 5.74) is 0.939. The van der Waals surface area contributed by atoms with Gasteiger partial charge in [0, 0.05) is 11.8 Å². The first-order valence-electron chi connectivity index (χ1n) is 9.24. The van der Waals surface area contributed by atoms with Gasteiger partial charge in [-0.25, -0.2) is 9.36 Å². The number of ether oxygens (including phenoxy) is 2. The lowest BCUT2D eigenvalue weighted by molar-refractivity contribution is -0.253. The van der Waals surface area contributed by atoms with Crippen LogP contribution >= 0.6 is 7.82 Å². The number of esters is 1. The third-order valence-electron chi connectivity index (χ3n) is 4.98. The summed E-state index contributed by atoms with van der Waals surface area (Å²) in [6.45, 7) is 2.50. The predicted molar refractivity (Wildman–Crippen MR) is 105 cm³/mol. The molecule has 11 heteroatoms. The topological polar surface area (TPSA) is 148 Å². The van der Waals surface area contributed by atoms with E-state index in [1.807, 2.05) is 12.1 Å². The number of phosphoric acid groups is 1. The average Bonchev–Trinajstić information content (AvgIpc) is 3.13. The van der Waals surface area contributed by atoms with Gasteiger partial charge >= 0.3 is 13.8 Å². The SMILES string of the molecule is C/C=C(\C)C(=O)O[C@@H]1[C@@H](OP(=O)(O)O)[C@H](O)[C@@H](CO)O[C@H]1n1ccc2ccccc21. The van der Waals surface area contributed by atoms with E-state index in [0.29, 0.717) is 5.52 Å². The van der Waals surface area contributed by atoms with Gasteiger partial charge in [-0.15, -0.1) is 0 Å². The van der Waals surface area contributed by atoms with Crippen molar-refractivity contribution >= 4 is 24.7 Å². The van der Waals surface area contributed by atoms with Crippen molar-refractivity contribution in [3.8, 4) is 0 Å². The second-order valence-corrected chi connectivity index (χ2v) is 8.11. The van der Waals surface area contributed by atoms with Crippen LogP contribution in [0.15, 0.2) is 48.2 Å². The fourth-order valence-electron chi connectivity index (χ4n) is 3.35. The second kappa shape index (κ2) is 8.99. The molecule has 0 amide bonds. The number of hydrogen-bond donors (Lipinski definition) is 4. The van der Waals surface area contributed by atoms with Gasteiger partial charge in [-0.1, -0.05) is 24.3 Å². The summed E-state index contributed by atoms with van der Waals surface area (Å²) < 4.78 is 29.3. The Morgan fingerprint density at radius 2 is 1.97 bits per heavy atom. The molecule has 0 bridgehead atoms. The molecule has 10 nitrogen and oxygen atoms in total. The number of hydrogen-bond acceptors (Lipinski definition) is 7. The van der Waals surface area contributed by atoms with Gasteiger partial charge in [0.2, 0.25) is 0 Å². The van der Waals surface area contributed by atoms with Crippen LogP contribution in [0.25, 0.3) is 10.9 Å². The lowest BCUT2D eigenvalue weighted by Crippen LogP contribution is -2.58. The van der Waals surface area contributed by atoms with Crippen molar-refractivity contribution in [2.45, 2.75) is 44.5 Å². The fraction of sp³-hybridized carbons (Fsp3) is 0.421. The van der Waals surface area contributed by atoms with Gasteiger partial charge in [0.15, 0.2) is 12.3 Å². The third kappa shape index (κ3) is 4.65. The number of carbonyl (C=O) groups excluding carboxylic acids is 1. The van der Waals surface area contributed by atoms with Crippen LogP contribution < -0.4 is 0 Å². The lowest BCUT2D eigenvalue weighted by Gasteiger charge is -2.44. The summed E-state index contributed by atoms with van der Waals surface area (Å²) in [6.07, 6.45) is -3.94. The fourth-order valence-corrected chi connectivity index (χ4v) is 3.91. The van der Waals surface area contributed by atoms with Crippen molar-refractivity contribution in [2.24, 2.45) is 0 Å². The number of benzene rings is 1. The van der Waals surface area contributed by atoms with E-state index in [-0.39, 0.29) is 5.57 Å². The quantitative estimate of drug-likeness (QED) is 0.295. The van der Waals surface area contributed by atoms with Crippen molar-refractivity contribution in [2.75, 3.05) is 6.61 Å². The zero-order chi connectivity index (χ0) is 22.1. The van der Waals surface area contributed by atoms with Gasteiger partial charge in [0.1, 0.15) is 18.3 Å². The molecule has 5 atom stereocenters. The molecule has 4 N–H and O–H groups in total. The van der Waals surface area contributed by atoms with Crippen LogP contribution in [0.2, 0.25) is 0 Å². The zero-order valence-electron chi connectivity index (χ0n) is 16.4. The zero-order valence-corrected chi connectivity index (χ0v) is 17.3. The van der Waals surface area contributed by atoms with Gasteiger partial charge < -0.3 is 34.0 Å². The van der Waals surface area contributed by atoms with Crippen LogP contribution in [0.5, 0.6) is 0 Å². The lowest BCUT2D eigenvalue weighted by atomic mass is 9.97. The molecule has 164 valence electrons. The molecule has 0 radical (unpaired) electrons. The molecule has 1 saturated heterocycles. The highest BCUT2D eigenvalue weighted by Crippen LogP contribution is 2.44. The van der Waals surface area contributed by atoms with E-state index in [0.717, 1.165) is 5.39 Å². The highest BCUT2D eigenvalue weighted by molar-refractivity contribution is 7.46. The summed E-state index contributed by atoms with van der Waals surface area (Å²) in [6, 6.07) is 9.04. The summed E-state index contributed by atoms with van der Waals surface area (Å²) >= 11 is 0. The molecular weight excluding hydrogens is 417 g/mol. The summed E-state index contributed by atoms with van der Waals surface area (Å²) in [4.78, 5) is 31.2. The van der Waals surface area contributed by atoms with Gasteiger partial charge in [0.25, 0.3) is 0 Å². The molecule has 3 rings (SSSR count). The predicted octanol–water partition coefficient (Wildman–Crippen LogP) is 1.25. The Kier molecular flexibility index (Phi) is 6.78. The monoisotopic (exact) mass is 441 g/mol. The molecular formula is C19H24NO9P. The minimum absolute atomic E-state index is 0.250. The summed E-state index contributed by atoms with van der Waals surface area (Å²) in [5, 5.41) is 21.0. The average molecular weight is 441 g/mol. The van der Waals surface area contributed by atoms with Crippen molar-refractivity contribution < 1.29 is 43.4 Å². The summed E-state index contributed by atoms with van der Waals surface area (Å²) in [7, 11) is -5.08. The molecule has 2 aromatic rings. The molecule has 1 aliphatic rings. The van der Waals surface area contributed by atoms with E-state index >= 15 is 0 Å². The van der Waals surface area contributed by atoms with Crippen molar-refractivity contribution in [1.29, 1.82) is 0 Å². The molecule has 0 aliphatic carbocycles.